The van der Waals surface area contributed by atoms with Gasteiger partial charge in [-0.25, -0.2) is 18.2 Å². The first kappa shape index (κ1) is 29.8. The number of hydrogen-bond acceptors (Lipinski definition) is 8. The van der Waals surface area contributed by atoms with Gasteiger partial charge in [-0.05, 0) is 55.8 Å². The highest BCUT2D eigenvalue weighted by Gasteiger charge is 2.52. The lowest BCUT2D eigenvalue weighted by atomic mass is 9.94. The van der Waals surface area contributed by atoms with E-state index in [0.717, 1.165) is 31.5 Å². The van der Waals surface area contributed by atoms with E-state index >= 15 is 13.2 Å². The van der Waals surface area contributed by atoms with Crippen LogP contribution in [0.15, 0.2) is 24.3 Å². The van der Waals surface area contributed by atoms with Crippen molar-refractivity contribution in [2.75, 3.05) is 31.1 Å². The molecule has 9 rings (SSSR count). The van der Waals surface area contributed by atoms with Gasteiger partial charge >= 0.3 is 6.01 Å². The average molecular weight is 663 g/mol. The van der Waals surface area contributed by atoms with Crippen molar-refractivity contribution < 1.29 is 31.8 Å². The fourth-order valence-electron chi connectivity index (χ4n) is 8.99. The highest BCUT2D eigenvalue weighted by atomic mass is 19.3. The first-order valence-corrected chi connectivity index (χ1v) is 16.3. The van der Waals surface area contributed by atoms with Crippen LogP contribution in [0.2, 0.25) is 0 Å². The molecule has 2 aromatic heterocycles. The van der Waals surface area contributed by atoms with E-state index < -0.39 is 58.6 Å². The summed E-state index contributed by atoms with van der Waals surface area (Å²) in [6, 6.07) is 3.84. The number of phenolic OH excluding ortho intramolecular Hbond substituents is 1. The molecule has 0 amide bonds. The van der Waals surface area contributed by atoms with Crippen molar-refractivity contribution in [1.82, 2.24) is 25.2 Å². The number of alkyl halides is 3. The van der Waals surface area contributed by atoms with Gasteiger partial charge in [-0.15, -0.1) is 6.42 Å². The lowest BCUT2D eigenvalue weighted by molar-refractivity contribution is -0.0255. The molecular formula is C35H31F5N6O2. The lowest BCUT2D eigenvalue weighted by Crippen LogP contribution is -2.59. The van der Waals surface area contributed by atoms with Gasteiger partial charge in [0.2, 0.25) is 0 Å². The molecule has 5 aliphatic heterocycles. The Balaban J connectivity index is 1.29. The fourth-order valence-corrected chi connectivity index (χ4v) is 8.99. The molecule has 2 N–H and O–H groups in total. The zero-order chi connectivity index (χ0) is 33.1. The smallest absolute Gasteiger partial charge is 0.319 e. The minimum atomic E-state index is -3.55. The molecule has 2 bridgehead atoms. The van der Waals surface area contributed by atoms with E-state index in [9.17, 15) is 13.9 Å². The molecule has 0 spiro atoms. The lowest BCUT2D eigenvalue weighted by Gasteiger charge is -2.41. The minimum Gasteiger partial charge on any atom is -0.508 e. The van der Waals surface area contributed by atoms with Crippen LogP contribution >= 0.6 is 0 Å². The molecular weight excluding hydrogens is 631 g/mol. The topological polar surface area (TPSA) is 86.6 Å². The van der Waals surface area contributed by atoms with Crippen molar-refractivity contribution >= 4 is 27.5 Å². The van der Waals surface area contributed by atoms with Gasteiger partial charge in [-0.2, -0.15) is 18.7 Å². The standard InChI is InChI=1S/C35H31F5N6O2/c1-2-21-23(37)6-4-17-10-20(47)11-22(26(17)21)29-28(38)30-27-31(42-29)35(39,40)13-25-24-7-5-19(41-24)15-46(25)32(27)44-33(43-30)48-16-34-8-3-9-45(34)14-18(36)12-34/h1,4,6,10-11,18-19,24-25,41,47H,3,5,7-9,12-16H2/t18-,19-,24+,25-,34+/m1/s1. The zero-order valence-corrected chi connectivity index (χ0v) is 25.7. The van der Waals surface area contributed by atoms with Crippen LogP contribution in [0.4, 0.5) is 27.8 Å². The number of nitrogens with one attached hydrogen (secondary N) is 1. The van der Waals surface area contributed by atoms with Crippen LogP contribution in [0.1, 0.15) is 49.8 Å². The molecule has 0 radical (unpaired) electrons. The van der Waals surface area contributed by atoms with Crippen LogP contribution < -0.4 is 15.0 Å². The number of halogens is 5. The van der Waals surface area contributed by atoms with Gasteiger partial charge in [-0.3, -0.25) is 4.90 Å². The summed E-state index contributed by atoms with van der Waals surface area (Å²) in [4.78, 5) is 17.2. The van der Waals surface area contributed by atoms with E-state index in [-0.39, 0.29) is 70.0 Å². The molecule has 0 saturated carbocycles. The van der Waals surface area contributed by atoms with Crippen molar-refractivity contribution in [3.05, 3.63) is 47.2 Å². The zero-order valence-electron chi connectivity index (χ0n) is 25.7. The summed E-state index contributed by atoms with van der Waals surface area (Å²) in [6.07, 6.45) is 7.43. The quantitative estimate of drug-likeness (QED) is 0.217. The SMILES string of the molecule is C#Cc1c(F)ccc2cc(O)cc(-c3nc4c5c(nc(OC[C@@]67CCCN6C[C@H](F)C7)nc5c3F)N3C[C@H]5CC[C@H](N5)[C@H]3CC4(F)F)c12. The van der Waals surface area contributed by atoms with E-state index in [1.165, 1.54) is 12.1 Å². The van der Waals surface area contributed by atoms with Crippen molar-refractivity contribution in [3.63, 3.8) is 0 Å². The number of pyridine rings is 1. The Hall–Kier alpha value is -4.28. The highest BCUT2D eigenvalue weighted by Crippen LogP contribution is 2.50. The first-order valence-electron chi connectivity index (χ1n) is 16.3. The molecule has 13 heteroatoms. The monoisotopic (exact) mass is 662 g/mol. The Bertz CT molecular complexity index is 2070. The third-order valence-corrected chi connectivity index (χ3v) is 11.1. The largest absolute Gasteiger partial charge is 0.508 e. The maximum absolute atomic E-state index is 17.1. The third-order valence-electron chi connectivity index (χ3n) is 11.1. The number of rotatable bonds is 4. The number of terminal acetylenes is 1. The Kier molecular flexibility index (Phi) is 6.44. The fraction of sp³-hybridized carbons (Fsp3) is 0.457. The van der Waals surface area contributed by atoms with Gasteiger partial charge in [0.1, 0.15) is 47.1 Å². The van der Waals surface area contributed by atoms with E-state index in [1.54, 1.807) is 0 Å². The number of phenols is 1. The summed E-state index contributed by atoms with van der Waals surface area (Å²) in [5.41, 5.74) is -2.66. The van der Waals surface area contributed by atoms with Gasteiger partial charge in [0.25, 0.3) is 5.92 Å². The second kappa shape index (κ2) is 10.4. The summed E-state index contributed by atoms with van der Waals surface area (Å²) < 4.78 is 85.9. The van der Waals surface area contributed by atoms with E-state index in [2.05, 4.69) is 31.1 Å². The van der Waals surface area contributed by atoms with Gasteiger partial charge < -0.3 is 20.1 Å². The molecule has 48 heavy (non-hydrogen) atoms. The second-order valence-electron chi connectivity index (χ2n) is 13.9. The molecule has 4 saturated heterocycles. The van der Waals surface area contributed by atoms with Gasteiger partial charge in [0, 0.05) is 49.0 Å². The first-order chi connectivity index (χ1) is 23.0. The number of benzene rings is 2. The van der Waals surface area contributed by atoms with Crippen LogP contribution in [0.5, 0.6) is 11.8 Å². The number of aromatic hydroxyl groups is 1. The molecule has 5 atom stereocenters. The number of ether oxygens (including phenoxy) is 1. The molecule has 0 aliphatic carbocycles. The average Bonchev–Trinajstić information content (AvgIpc) is 3.71. The van der Waals surface area contributed by atoms with Crippen molar-refractivity contribution in [3.8, 4) is 35.4 Å². The van der Waals surface area contributed by atoms with Crippen LogP contribution in [0, 0.1) is 24.0 Å². The number of piperazine rings is 1. The second-order valence-corrected chi connectivity index (χ2v) is 13.9. The predicted octanol–water partition coefficient (Wildman–Crippen LogP) is 5.57. The minimum absolute atomic E-state index is 0.0366. The van der Waals surface area contributed by atoms with E-state index in [4.69, 9.17) is 11.2 Å². The summed E-state index contributed by atoms with van der Waals surface area (Å²) in [5.74, 6) is -3.33. The molecule has 8 nitrogen and oxygen atoms in total. The van der Waals surface area contributed by atoms with E-state index in [0.29, 0.717) is 25.9 Å². The molecule has 2 aromatic carbocycles. The van der Waals surface area contributed by atoms with Gasteiger partial charge in [0.05, 0.1) is 22.5 Å². The molecule has 4 aromatic rings. The highest BCUT2D eigenvalue weighted by molar-refractivity contribution is 6.03. The number of fused-ring (bicyclic) bond motifs is 7. The van der Waals surface area contributed by atoms with Crippen molar-refractivity contribution in [2.45, 2.75) is 74.3 Å². The molecule has 7 heterocycles. The molecule has 4 fully saturated rings. The summed E-state index contributed by atoms with van der Waals surface area (Å²) in [5, 5.41) is 14.1. The van der Waals surface area contributed by atoms with Crippen LogP contribution in [-0.4, -0.2) is 81.0 Å². The Morgan fingerprint density at radius 2 is 1.94 bits per heavy atom. The van der Waals surface area contributed by atoms with Crippen molar-refractivity contribution in [1.29, 1.82) is 0 Å². The Morgan fingerprint density at radius 1 is 1.08 bits per heavy atom. The van der Waals surface area contributed by atoms with Gasteiger partial charge in [-0.1, -0.05) is 12.0 Å². The molecule has 5 aliphatic rings. The Morgan fingerprint density at radius 3 is 2.77 bits per heavy atom. The summed E-state index contributed by atoms with van der Waals surface area (Å²) >= 11 is 0. The van der Waals surface area contributed by atoms with Gasteiger partial charge in [0.15, 0.2) is 5.82 Å². The van der Waals surface area contributed by atoms with Crippen molar-refractivity contribution in [2.24, 2.45) is 0 Å². The summed E-state index contributed by atoms with van der Waals surface area (Å²) in [6.45, 7) is 1.46. The number of nitrogens with zero attached hydrogens (tertiary/aromatic N) is 5. The van der Waals surface area contributed by atoms with E-state index in [1.807, 2.05) is 4.90 Å². The van der Waals surface area contributed by atoms with Crippen LogP contribution in [-0.2, 0) is 5.92 Å². The third kappa shape index (κ3) is 4.31. The normalized spacial score (nSPS) is 28.8. The number of anilines is 1. The molecule has 248 valence electrons. The maximum atomic E-state index is 17.1. The summed E-state index contributed by atoms with van der Waals surface area (Å²) in [7, 11) is 0. The number of hydrogen-bond donors (Lipinski definition) is 2. The predicted molar refractivity (Wildman–Crippen MR) is 168 cm³/mol. The maximum Gasteiger partial charge on any atom is 0.319 e. The van der Waals surface area contributed by atoms with Crippen LogP contribution in [0.3, 0.4) is 0 Å². The number of aromatic nitrogens is 3. The molecule has 0 unspecified atom stereocenters. The Labute approximate surface area is 272 Å². The van der Waals surface area contributed by atoms with Crippen LogP contribution in [0.25, 0.3) is 32.9 Å².